The van der Waals surface area contributed by atoms with E-state index in [1.807, 2.05) is 13.0 Å². The fourth-order valence-electron chi connectivity index (χ4n) is 3.19. The fourth-order valence-corrected chi connectivity index (χ4v) is 3.19. The number of Topliss-reactive ketones (excluding diaryl/α,β-unsaturated/α-hetero) is 1. The van der Waals surface area contributed by atoms with Crippen molar-refractivity contribution in [1.82, 2.24) is 4.98 Å². The zero-order chi connectivity index (χ0) is 12.5. The molecule has 0 saturated carbocycles. The minimum atomic E-state index is 0.00819. The third kappa shape index (κ3) is 2.07. The number of carbonyl (C=O) groups is 1. The number of hydrogen-bond acceptors (Lipinski definition) is 3. The molecule has 1 aromatic rings. The van der Waals surface area contributed by atoms with E-state index in [1.165, 1.54) is 5.56 Å². The van der Waals surface area contributed by atoms with Crippen LogP contribution in [-0.4, -0.2) is 23.5 Å². The van der Waals surface area contributed by atoms with E-state index in [9.17, 15) is 4.79 Å². The van der Waals surface area contributed by atoms with Gasteiger partial charge in [-0.1, -0.05) is 6.07 Å². The van der Waals surface area contributed by atoms with E-state index in [4.69, 9.17) is 4.74 Å². The lowest BCUT2D eigenvalue weighted by Crippen LogP contribution is -2.26. The number of ketones is 1. The first-order chi connectivity index (χ1) is 8.75. The van der Waals surface area contributed by atoms with Crippen molar-refractivity contribution in [3.63, 3.8) is 0 Å². The molecule has 3 atom stereocenters. The van der Waals surface area contributed by atoms with E-state index in [0.717, 1.165) is 31.4 Å². The van der Waals surface area contributed by atoms with Gasteiger partial charge < -0.3 is 4.74 Å². The van der Waals surface area contributed by atoms with Crippen LogP contribution in [0.4, 0.5) is 0 Å². The minimum Gasteiger partial charge on any atom is -0.378 e. The Bertz CT molecular complexity index is 458. The quantitative estimate of drug-likeness (QED) is 0.803. The largest absolute Gasteiger partial charge is 0.378 e. The van der Waals surface area contributed by atoms with Crippen LogP contribution in [0.5, 0.6) is 0 Å². The van der Waals surface area contributed by atoms with Crippen LogP contribution in [0.15, 0.2) is 18.3 Å². The molecule has 3 nitrogen and oxygen atoms in total. The number of carbonyl (C=O) groups excluding carboxylic acids is 1. The van der Waals surface area contributed by atoms with Crippen LogP contribution in [-0.2, 0) is 16.0 Å². The summed E-state index contributed by atoms with van der Waals surface area (Å²) >= 11 is 0. The summed E-state index contributed by atoms with van der Waals surface area (Å²) in [6.45, 7) is 2.64. The van der Waals surface area contributed by atoms with Gasteiger partial charge in [0.2, 0.25) is 0 Å². The van der Waals surface area contributed by atoms with Gasteiger partial charge in [0, 0.05) is 12.1 Å². The number of pyridine rings is 1. The van der Waals surface area contributed by atoms with Gasteiger partial charge in [-0.05, 0) is 44.2 Å². The lowest BCUT2D eigenvalue weighted by molar-refractivity contribution is -0.124. The average Bonchev–Trinajstić information content (AvgIpc) is 2.84. The third-order valence-corrected chi connectivity index (χ3v) is 4.14. The molecular weight excluding hydrogens is 226 g/mol. The average molecular weight is 245 g/mol. The first-order valence-corrected chi connectivity index (χ1v) is 6.85. The molecule has 3 unspecified atom stereocenters. The topological polar surface area (TPSA) is 39.2 Å². The zero-order valence-corrected chi connectivity index (χ0v) is 10.8. The fraction of sp³-hybridized carbons (Fsp3) is 0.600. The number of fused-ring (bicyclic) bond motifs is 1. The van der Waals surface area contributed by atoms with Crippen LogP contribution in [0.3, 0.4) is 0 Å². The number of hydrogen-bond donors (Lipinski definition) is 0. The Morgan fingerprint density at radius 2 is 2.39 bits per heavy atom. The second-order valence-corrected chi connectivity index (χ2v) is 5.47. The lowest BCUT2D eigenvalue weighted by Gasteiger charge is -2.24. The highest BCUT2D eigenvalue weighted by atomic mass is 16.5. The predicted molar refractivity (Wildman–Crippen MR) is 68.4 cm³/mol. The molecule has 0 aromatic carbocycles. The standard InChI is InChI=1S/C15H19NO2/c1-10-8-12(9-18-10)15(17)13-6-2-4-11-5-3-7-16-14(11)13/h3,5,7,10,12-13H,2,4,6,8-9H2,1H3. The van der Waals surface area contributed by atoms with Crippen LogP contribution in [0, 0.1) is 5.92 Å². The smallest absolute Gasteiger partial charge is 0.147 e. The summed E-state index contributed by atoms with van der Waals surface area (Å²) in [4.78, 5) is 17.0. The van der Waals surface area contributed by atoms with E-state index in [-0.39, 0.29) is 17.9 Å². The van der Waals surface area contributed by atoms with Crippen LogP contribution in [0.25, 0.3) is 0 Å². The summed E-state index contributed by atoms with van der Waals surface area (Å²) in [6, 6.07) is 4.07. The van der Waals surface area contributed by atoms with Crippen molar-refractivity contribution in [2.45, 2.75) is 44.6 Å². The number of rotatable bonds is 2. The van der Waals surface area contributed by atoms with Crippen LogP contribution < -0.4 is 0 Å². The molecule has 0 radical (unpaired) electrons. The second-order valence-electron chi connectivity index (χ2n) is 5.47. The highest BCUT2D eigenvalue weighted by Crippen LogP contribution is 2.34. The van der Waals surface area contributed by atoms with Gasteiger partial charge in [-0.15, -0.1) is 0 Å². The Morgan fingerprint density at radius 1 is 1.50 bits per heavy atom. The Kier molecular flexibility index (Phi) is 3.16. The zero-order valence-electron chi connectivity index (χ0n) is 10.8. The van der Waals surface area contributed by atoms with Crippen molar-refractivity contribution in [1.29, 1.82) is 0 Å². The van der Waals surface area contributed by atoms with Gasteiger partial charge in [0.05, 0.1) is 24.3 Å². The molecule has 3 heteroatoms. The summed E-state index contributed by atoms with van der Waals surface area (Å²) < 4.78 is 5.52. The van der Waals surface area contributed by atoms with Crippen molar-refractivity contribution in [2.24, 2.45) is 5.92 Å². The lowest BCUT2D eigenvalue weighted by atomic mass is 9.79. The summed E-state index contributed by atoms with van der Waals surface area (Å²) in [7, 11) is 0. The van der Waals surface area contributed by atoms with E-state index in [1.54, 1.807) is 6.20 Å². The first kappa shape index (κ1) is 11.8. The Hall–Kier alpha value is -1.22. The number of ether oxygens (including phenoxy) is 1. The van der Waals surface area contributed by atoms with Crippen LogP contribution in [0.2, 0.25) is 0 Å². The summed E-state index contributed by atoms with van der Waals surface area (Å²) in [5.74, 6) is 0.436. The molecule has 0 amide bonds. The van der Waals surface area contributed by atoms with Crippen LogP contribution >= 0.6 is 0 Å². The number of nitrogens with zero attached hydrogens (tertiary/aromatic N) is 1. The SMILES string of the molecule is CC1CC(C(=O)C2CCCc3cccnc32)CO1. The normalized spacial score (nSPS) is 31.1. The molecule has 3 rings (SSSR count). The van der Waals surface area contributed by atoms with Gasteiger partial charge >= 0.3 is 0 Å². The van der Waals surface area contributed by atoms with Gasteiger partial charge in [-0.3, -0.25) is 9.78 Å². The van der Waals surface area contributed by atoms with E-state index in [2.05, 4.69) is 11.1 Å². The van der Waals surface area contributed by atoms with Gasteiger partial charge in [-0.25, -0.2) is 0 Å². The molecule has 1 aromatic heterocycles. The maximum absolute atomic E-state index is 12.6. The van der Waals surface area contributed by atoms with Crippen molar-refractivity contribution < 1.29 is 9.53 Å². The monoisotopic (exact) mass is 245 g/mol. The molecule has 1 fully saturated rings. The summed E-state index contributed by atoms with van der Waals surface area (Å²) in [5.41, 5.74) is 2.28. The van der Waals surface area contributed by atoms with E-state index in [0.29, 0.717) is 12.4 Å². The van der Waals surface area contributed by atoms with E-state index >= 15 is 0 Å². The summed E-state index contributed by atoms with van der Waals surface area (Å²) in [5, 5.41) is 0. The maximum atomic E-state index is 12.6. The predicted octanol–water partition coefficient (Wildman–Crippen LogP) is 2.50. The number of aryl methyl sites for hydroxylation is 1. The van der Waals surface area contributed by atoms with Crippen molar-refractivity contribution >= 4 is 5.78 Å². The maximum Gasteiger partial charge on any atom is 0.147 e. The Balaban J connectivity index is 1.83. The van der Waals surface area contributed by atoms with Crippen molar-refractivity contribution in [2.75, 3.05) is 6.61 Å². The van der Waals surface area contributed by atoms with Crippen LogP contribution in [0.1, 0.15) is 43.4 Å². The van der Waals surface area contributed by atoms with Gasteiger partial charge in [0.25, 0.3) is 0 Å². The molecule has 18 heavy (non-hydrogen) atoms. The molecule has 0 N–H and O–H groups in total. The Morgan fingerprint density at radius 3 is 3.17 bits per heavy atom. The van der Waals surface area contributed by atoms with Gasteiger partial charge in [0.1, 0.15) is 5.78 Å². The molecule has 1 saturated heterocycles. The number of aromatic nitrogens is 1. The highest BCUT2D eigenvalue weighted by Gasteiger charge is 2.36. The molecule has 0 bridgehead atoms. The highest BCUT2D eigenvalue weighted by molar-refractivity contribution is 5.88. The van der Waals surface area contributed by atoms with E-state index < -0.39 is 0 Å². The molecule has 96 valence electrons. The molecule has 2 heterocycles. The van der Waals surface area contributed by atoms with Gasteiger partial charge in [-0.2, -0.15) is 0 Å². The first-order valence-electron chi connectivity index (χ1n) is 6.85. The Labute approximate surface area is 108 Å². The van der Waals surface area contributed by atoms with Gasteiger partial charge in [0.15, 0.2) is 0 Å². The minimum absolute atomic E-state index is 0.00819. The van der Waals surface area contributed by atoms with Crippen molar-refractivity contribution in [3.8, 4) is 0 Å². The molecule has 1 aliphatic carbocycles. The molecule has 0 spiro atoms. The second kappa shape index (κ2) is 4.81. The molecule has 2 aliphatic rings. The molecule has 1 aliphatic heterocycles. The summed E-state index contributed by atoms with van der Waals surface area (Å²) in [6.07, 6.45) is 6.01. The van der Waals surface area contributed by atoms with Crippen molar-refractivity contribution in [3.05, 3.63) is 29.6 Å². The molecular formula is C15H19NO2. The third-order valence-electron chi connectivity index (χ3n) is 4.14.